The molecule has 0 atom stereocenters. The van der Waals surface area contributed by atoms with E-state index >= 15 is 0 Å². The van der Waals surface area contributed by atoms with E-state index in [4.69, 9.17) is 4.74 Å². The molecule has 0 spiro atoms. The zero-order valence-corrected chi connectivity index (χ0v) is 12.2. The van der Waals surface area contributed by atoms with Crippen LogP contribution in [-0.2, 0) is 9.53 Å². The van der Waals surface area contributed by atoms with Crippen LogP contribution in [0.5, 0.6) is 0 Å². The van der Waals surface area contributed by atoms with Gasteiger partial charge in [-0.2, -0.15) is 5.10 Å². The van der Waals surface area contributed by atoms with Crippen molar-refractivity contribution < 1.29 is 9.53 Å². The third-order valence-corrected chi connectivity index (χ3v) is 2.93. The number of ether oxygens (including phenoxy) is 1. The molecule has 100 valence electrons. The SMILES string of the molecule is CCOC(=O)CNc1cnn(C(C)C)c(=O)c1Br. The fraction of sp³-hybridized carbons (Fsp3) is 0.545. The van der Waals surface area contributed by atoms with Gasteiger partial charge < -0.3 is 10.1 Å². The number of carbonyl (C=O) groups excluding carboxylic acids is 1. The molecule has 0 saturated carbocycles. The van der Waals surface area contributed by atoms with Crippen molar-refractivity contribution in [1.82, 2.24) is 9.78 Å². The lowest BCUT2D eigenvalue weighted by atomic mass is 10.4. The number of aromatic nitrogens is 2. The number of rotatable bonds is 5. The molecule has 1 aromatic heterocycles. The highest BCUT2D eigenvalue weighted by molar-refractivity contribution is 9.10. The van der Waals surface area contributed by atoms with Crippen LogP contribution in [-0.4, -0.2) is 28.9 Å². The van der Waals surface area contributed by atoms with Crippen molar-refractivity contribution in [3.63, 3.8) is 0 Å². The van der Waals surface area contributed by atoms with Gasteiger partial charge in [0, 0.05) is 0 Å². The molecule has 0 radical (unpaired) electrons. The molecule has 1 heterocycles. The largest absolute Gasteiger partial charge is 0.465 e. The van der Waals surface area contributed by atoms with Crippen molar-refractivity contribution in [2.45, 2.75) is 26.8 Å². The molecule has 0 aliphatic heterocycles. The molecule has 0 aliphatic rings. The van der Waals surface area contributed by atoms with Gasteiger partial charge in [-0.25, -0.2) is 4.68 Å². The van der Waals surface area contributed by atoms with Crippen molar-refractivity contribution in [2.24, 2.45) is 0 Å². The predicted molar refractivity (Wildman–Crippen MR) is 71.7 cm³/mol. The fourth-order valence-electron chi connectivity index (χ4n) is 1.32. The third kappa shape index (κ3) is 3.56. The molecule has 1 N–H and O–H groups in total. The second-order valence-corrected chi connectivity index (χ2v) is 4.67. The zero-order valence-electron chi connectivity index (χ0n) is 10.6. The first-order chi connectivity index (χ1) is 8.47. The topological polar surface area (TPSA) is 73.2 Å². The Morgan fingerprint density at radius 3 is 2.83 bits per heavy atom. The number of carbonyl (C=O) groups is 1. The second kappa shape index (κ2) is 6.53. The van der Waals surface area contributed by atoms with E-state index in [0.717, 1.165) is 0 Å². The lowest BCUT2D eigenvalue weighted by Crippen LogP contribution is -2.27. The molecule has 0 aliphatic carbocycles. The zero-order chi connectivity index (χ0) is 13.7. The fourth-order valence-corrected chi connectivity index (χ4v) is 1.74. The van der Waals surface area contributed by atoms with Crippen LogP contribution in [0, 0.1) is 0 Å². The molecule has 18 heavy (non-hydrogen) atoms. The maximum atomic E-state index is 11.9. The predicted octanol–water partition coefficient (Wildman–Crippen LogP) is 1.56. The van der Waals surface area contributed by atoms with E-state index in [0.29, 0.717) is 16.8 Å². The van der Waals surface area contributed by atoms with Crippen molar-refractivity contribution in [1.29, 1.82) is 0 Å². The molecule has 7 heteroatoms. The molecule has 1 rings (SSSR count). The van der Waals surface area contributed by atoms with E-state index in [1.165, 1.54) is 10.9 Å². The highest BCUT2D eigenvalue weighted by Crippen LogP contribution is 2.16. The van der Waals surface area contributed by atoms with Crippen LogP contribution in [0.15, 0.2) is 15.5 Å². The van der Waals surface area contributed by atoms with Crippen LogP contribution in [0.3, 0.4) is 0 Å². The van der Waals surface area contributed by atoms with Crippen LogP contribution in [0.1, 0.15) is 26.8 Å². The van der Waals surface area contributed by atoms with Crippen LogP contribution in [0.25, 0.3) is 0 Å². The second-order valence-electron chi connectivity index (χ2n) is 3.87. The molecule has 0 fully saturated rings. The number of nitrogens with one attached hydrogen (secondary N) is 1. The summed E-state index contributed by atoms with van der Waals surface area (Å²) in [4.78, 5) is 23.1. The highest BCUT2D eigenvalue weighted by atomic mass is 79.9. The highest BCUT2D eigenvalue weighted by Gasteiger charge is 2.11. The van der Waals surface area contributed by atoms with Crippen molar-refractivity contribution in [2.75, 3.05) is 18.5 Å². The molecule has 0 unspecified atom stereocenters. The summed E-state index contributed by atoms with van der Waals surface area (Å²) < 4.78 is 6.49. The number of nitrogens with zero attached hydrogens (tertiary/aromatic N) is 2. The van der Waals surface area contributed by atoms with Crippen LogP contribution in [0.4, 0.5) is 5.69 Å². The number of halogens is 1. The number of hydrogen-bond donors (Lipinski definition) is 1. The Labute approximate surface area is 113 Å². The molecular weight excluding hydrogens is 302 g/mol. The lowest BCUT2D eigenvalue weighted by molar-refractivity contribution is -0.140. The summed E-state index contributed by atoms with van der Waals surface area (Å²) in [6.45, 7) is 5.80. The van der Waals surface area contributed by atoms with Gasteiger partial charge in [-0.15, -0.1) is 0 Å². The van der Waals surface area contributed by atoms with Gasteiger partial charge >= 0.3 is 5.97 Å². The average Bonchev–Trinajstić information content (AvgIpc) is 2.31. The van der Waals surface area contributed by atoms with E-state index in [9.17, 15) is 9.59 Å². The maximum Gasteiger partial charge on any atom is 0.325 e. The minimum atomic E-state index is -0.377. The van der Waals surface area contributed by atoms with Crippen molar-refractivity contribution >= 4 is 27.6 Å². The Bertz CT molecular complexity index is 485. The quantitative estimate of drug-likeness (QED) is 0.834. The summed E-state index contributed by atoms with van der Waals surface area (Å²) in [5.41, 5.74) is 0.240. The normalized spacial score (nSPS) is 10.5. The summed E-state index contributed by atoms with van der Waals surface area (Å²) >= 11 is 3.20. The van der Waals surface area contributed by atoms with Crippen molar-refractivity contribution in [3.05, 3.63) is 21.0 Å². The standard InChI is InChI=1S/C11H16BrN3O3/c1-4-18-9(16)6-13-8-5-14-15(7(2)3)11(17)10(8)12/h5,7,13H,4,6H2,1-3H3. The van der Waals surface area contributed by atoms with Gasteiger partial charge in [-0.3, -0.25) is 9.59 Å². The molecule has 0 bridgehead atoms. The van der Waals surface area contributed by atoms with Gasteiger partial charge in [0.1, 0.15) is 11.0 Å². The summed E-state index contributed by atoms with van der Waals surface area (Å²) in [6, 6.07) is -0.0205. The van der Waals surface area contributed by atoms with Gasteiger partial charge in [0.15, 0.2) is 0 Å². The Morgan fingerprint density at radius 2 is 2.28 bits per heavy atom. The molecule has 1 aromatic rings. The van der Waals surface area contributed by atoms with Gasteiger partial charge in [-0.1, -0.05) is 0 Å². The van der Waals surface area contributed by atoms with E-state index < -0.39 is 0 Å². The Hall–Kier alpha value is -1.37. The van der Waals surface area contributed by atoms with Gasteiger partial charge in [0.2, 0.25) is 0 Å². The average molecular weight is 318 g/mol. The first-order valence-corrected chi connectivity index (χ1v) is 6.43. The summed E-state index contributed by atoms with van der Waals surface area (Å²) in [6.07, 6.45) is 1.50. The van der Waals surface area contributed by atoms with E-state index in [1.807, 2.05) is 13.8 Å². The molecule has 0 saturated heterocycles. The van der Waals surface area contributed by atoms with Gasteiger partial charge in [0.25, 0.3) is 5.56 Å². The summed E-state index contributed by atoms with van der Waals surface area (Å²) in [7, 11) is 0. The van der Waals surface area contributed by atoms with E-state index in [1.54, 1.807) is 6.92 Å². The Balaban J connectivity index is 2.83. The third-order valence-electron chi connectivity index (χ3n) is 2.16. The number of anilines is 1. The Morgan fingerprint density at radius 1 is 1.61 bits per heavy atom. The van der Waals surface area contributed by atoms with E-state index in [-0.39, 0.29) is 24.1 Å². The lowest BCUT2D eigenvalue weighted by Gasteiger charge is -2.12. The van der Waals surface area contributed by atoms with E-state index in [2.05, 4.69) is 26.3 Å². The summed E-state index contributed by atoms with van der Waals surface area (Å²) in [5.74, 6) is -0.377. The monoisotopic (exact) mass is 317 g/mol. The van der Waals surface area contributed by atoms with Crippen LogP contribution in [0.2, 0.25) is 0 Å². The molecular formula is C11H16BrN3O3. The summed E-state index contributed by atoms with van der Waals surface area (Å²) in [5, 5.41) is 6.83. The minimum absolute atomic E-state index is 0.000742. The number of esters is 1. The van der Waals surface area contributed by atoms with Crippen LogP contribution < -0.4 is 10.9 Å². The molecule has 0 aromatic carbocycles. The number of hydrogen-bond acceptors (Lipinski definition) is 5. The molecule has 0 amide bonds. The smallest absolute Gasteiger partial charge is 0.325 e. The first kappa shape index (κ1) is 14.7. The van der Waals surface area contributed by atoms with Crippen molar-refractivity contribution in [3.8, 4) is 0 Å². The van der Waals surface area contributed by atoms with Gasteiger partial charge in [0.05, 0.1) is 24.5 Å². The maximum absolute atomic E-state index is 11.9. The van der Waals surface area contributed by atoms with Crippen LogP contribution >= 0.6 is 15.9 Å². The first-order valence-electron chi connectivity index (χ1n) is 5.64. The molecule has 6 nitrogen and oxygen atoms in total. The minimum Gasteiger partial charge on any atom is -0.465 e. The van der Waals surface area contributed by atoms with Gasteiger partial charge in [-0.05, 0) is 36.7 Å². The Kier molecular flexibility index (Phi) is 5.33.